The smallest absolute Gasteiger partial charge is 0.272 e. The molecule has 0 aromatic carbocycles. The number of amides is 1. The van der Waals surface area contributed by atoms with Crippen molar-refractivity contribution in [2.75, 3.05) is 31.7 Å². The molecular weight excluding hydrogens is 320 g/mol. The van der Waals surface area contributed by atoms with Crippen LogP contribution in [0.15, 0.2) is 24.4 Å². The maximum atomic E-state index is 12.4. The minimum atomic E-state index is -0.141. The number of hydrogen-bond acceptors (Lipinski definition) is 6. The van der Waals surface area contributed by atoms with Crippen molar-refractivity contribution < 1.29 is 9.53 Å². The van der Waals surface area contributed by atoms with Crippen LogP contribution in [0.4, 0.5) is 5.82 Å². The van der Waals surface area contributed by atoms with Crippen LogP contribution in [0, 0.1) is 6.92 Å². The van der Waals surface area contributed by atoms with Crippen LogP contribution < -0.4 is 10.2 Å². The highest BCUT2D eigenvalue weighted by Gasteiger charge is 2.23. The molecule has 1 N–H and O–H groups in total. The topological polar surface area (TPSA) is 85.2 Å². The van der Waals surface area contributed by atoms with E-state index >= 15 is 0 Å². The van der Waals surface area contributed by atoms with Gasteiger partial charge >= 0.3 is 0 Å². The highest BCUT2D eigenvalue weighted by atomic mass is 16.5. The third-order valence-electron chi connectivity index (χ3n) is 4.26. The molecule has 25 heavy (non-hydrogen) atoms. The second-order valence-electron chi connectivity index (χ2n) is 6.25. The van der Waals surface area contributed by atoms with Gasteiger partial charge in [0.05, 0.1) is 18.8 Å². The zero-order valence-corrected chi connectivity index (χ0v) is 14.7. The van der Waals surface area contributed by atoms with E-state index in [1.54, 1.807) is 24.1 Å². The van der Waals surface area contributed by atoms with E-state index in [1.807, 2.05) is 19.1 Å². The molecule has 0 spiro atoms. The number of nitrogens with zero attached hydrogens (tertiary/aromatic N) is 5. The van der Waals surface area contributed by atoms with Crippen molar-refractivity contribution in [3.8, 4) is 0 Å². The Morgan fingerprint density at radius 2 is 2.24 bits per heavy atom. The number of carbonyl (C=O) groups excluding carboxylic acids is 1. The van der Waals surface area contributed by atoms with Crippen LogP contribution in [0.1, 0.15) is 29.0 Å². The van der Waals surface area contributed by atoms with Crippen molar-refractivity contribution in [3.05, 3.63) is 35.8 Å². The largest absolute Gasteiger partial charge is 0.383 e. The Balaban J connectivity index is 1.57. The molecule has 1 atom stereocenters. The van der Waals surface area contributed by atoms with Gasteiger partial charge in [0.15, 0.2) is 5.82 Å². The van der Waals surface area contributed by atoms with Crippen molar-refractivity contribution in [2.24, 2.45) is 0 Å². The molecule has 0 aliphatic carbocycles. The Bertz CT molecular complexity index is 699. The minimum absolute atomic E-state index is 0.0773. The zero-order valence-electron chi connectivity index (χ0n) is 14.7. The molecule has 1 saturated heterocycles. The molecule has 1 amide bonds. The summed E-state index contributed by atoms with van der Waals surface area (Å²) >= 11 is 0. The van der Waals surface area contributed by atoms with Gasteiger partial charge in [-0.2, -0.15) is 10.2 Å². The number of nitrogens with one attached hydrogen (secondary N) is 1. The lowest BCUT2D eigenvalue weighted by Crippen LogP contribution is -2.48. The van der Waals surface area contributed by atoms with E-state index < -0.39 is 0 Å². The van der Waals surface area contributed by atoms with Crippen molar-refractivity contribution in [3.63, 3.8) is 0 Å². The summed E-state index contributed by atoms with van der Waals surface area (Å²) in [5, 5.41) is 15.7. The van der Waals surface area contributed by atoms with Gasteiger partial charge in [-0.3, -0.25) is 9.48 Å². The Labute approximate surface area is 147 Å². The second kappa shape index (κ2) is 8.06. The highest BCUT2D eigenvalue weighted by Crippen LogP contribution is 2.17. The normalized spacial score (nSPS) is 17.5. The lowest BCUT2D eigenvalue weighted by Gasteiger charge is -2.33. The number of aryl methyl sites for hydroxylation is 1. The molecule has 1 aliphatic rings. The van der Waals surface area contributed by atoms with Gasteiger partial charge in [-0.25, -0.2) is 0 Å². The summed E-state index contributed by atoms with van der Waals surface area (Å²) in [4.78, 5) is 14.6. The highest BCUT2D eigenvalue weighted by molar-refractivity contribution is 5.92. The van der Waals surface area contributed by atoms with E-state index in [0.29, 0.717) is 18.8 Å². The standard InChI is InChI=1S/C17H24N6O2/c1-13-5-6-16(20-19-13)22-8-3-4-14(12-22)18-17(24)15-7-9-23(21-15)10-11-25-2/h5-7,9,14H,3-4,8,10-12H2,1-2H3,(H,18,24). The van der Waals surface area contributed by atoms with Crippen LogP contribution in [0.3, 0.4) is 0 Å². The minimum Gasteiger partial charge on any atom is -0.383 e. The van der Waals surface area contributed by atoms with Gasteiger partial charge in [-0.1, -0.05) is 0 Å². The second-order valence-corrected chi connectivity index (χ2v) is 6.25. The van der Waals surface area contributed by atoms with Crippen LogP contribution >= 0.6 is 0 Å². The monoisotopic (exact) mass is 344 g/mol. The Morgan fingerprint density at radius 3 is 3.00 bits per heavy atom. The first-order chi connectivity index (χ1) is 12.2. The van der Waals surface area contributed by atoms with Crippen molar-refractivity contribution in [1.29, 1.82) is 0 Å². The Hall–Kier alpha value is -2.48. The number of methoxy groups -OCH3 is 1. The van der Waals surface area contributed by atoms with Gasteiger partial charge in [0.2, 0.25) is 0 Å². The van der Waals surface area contributed by atoms with Crippen molar-refractivity contribution in [1.82, 2.24) is 25.3 Å². The molecule has 1 fully saturated rings. The molecule has 3 heterocycles. The number of anilines is 1. The van der Waals surface area contributed by atoms with E-state index in [1.165, 1.54) is 0 Å². The number of aromatic nitrogens is 4. The molecule has 0 saturated carbocycles. The molecule has 2 aromatic heterocycles. The molecule has 1 aliphatic heterocycles. The van der Waals surface area contributed by atoms with Crippen LogP contribution in [0.25, 0.3) is 0 Å². The summed E-state index contributed by atoms with van der Waals surface area (Å²) in [6.07, 6.45) is 3.75. The van der Waals surface area contributed by atoms with Gasteiger partial charge in [0.25, 0.3) is 5.91 Å². The zero-order chi connectivity index (χ0) is 17.6. The van der Waals surface area contributed by atoms with Crippen LogP contribution in [-0.4, -0.2) is 58.7 Å². The molecule has 0 bridgehead atoms. The predicted octanol–water partition coefficient (Wildman–Crippen LogP) is 1.03. The lowest BCUT2D eigenvalue weighted by molar-refractivity contribution is 0.0926. The quantitative estimate of drug-likeness (QED) is 0.842. The fourth-order valence-corrected chi connectivity index (χ4v) is 2.92. The molecule has 8 heteroatoms. The summed E-state index contributed by atoms with van der Waals surface area (Å²) in [5.74, 6) is 0.714. The van der Waals surface area contributed by atoms with Crippen LogP contribution in [0.2, 0.25) is 0 Å². The average Bonchev–Trinajstić information content (AvgIpc) is 3.10. The van der Waals surface area contributed by atoms with E-state index in [0.717, 1.165) is 37.4 Å². The summed E-state index contributed by atoms with van der Waals surface area (Å²) in [6.45, 7) is 4.77. The maximum Gasteiger partial charge on any atom is 0.272 e. The van der Waals surface area contributed by atoms with Crippen molar-refractivity contribution >= 4 is 11.7 Å². The average molecular weight is 344 g/mol. The Morgan fingerprint density at radius 1 is 1.36 bits per heavy atom. The van der Waals surface area contributed by atoms with Crippen LogP contribution in [-0.2, 0) is 11.3 Å². The molecule has 2 aromatic rings. The van der Waals surface area contributed by atoms with E-state index in [2.05, 4.69) is 25.5 Å². The number of ether oxygens (including phenoxy) is 1. The van der Waals surface area contributed by atoms with E-state index in [9.17, 15) is 4.79 Å². The summed E-state index contributed by atoms with van der Waals surface area (Å²) in [7, 11) is 1.64. The third-order valence-corrected chi connectivity index (χ3v) is 4.26. The fourth-order valence-electron chi connectivity index (χ4n) is 2.92. The van der Waals surface area contributed by atoms with Gasteiger partial charge in [-0.15, -0.1) is 5.10 Å². The number of hydrogen-bond donors (Lipinski definition) is 1. The fraction of sp³-hybridized carbons (Fsp3) is 0.529. The van der Waals surface area contributed by atoms with Crippen molar-refractivity contribution in [2.45, 2.75) is 32.4 Å². The lowest BCUT2D eigenvalue weighted by atomic mass is 10.1. The van der Waals surface area contributed by atoms with E-state index in [-0.39, 0.29) is 11.9 Å². The van der Waals surface area contributed by atoms with Gasteiger partial charge in [0.1, 0.15) is 5.69 Å². The summed E-state index contributed by atoms with van der Waals surface area (Å²) in [6, 6.07) is 5.74. The number of rotatable bonds is 6. The number of carbonyl (C=O) groups is 1. The van der Waals surface area contributed by atoms with Gasteiger partial charge in [-0.05, 0) is 38.0 Å². The maximum absolute atomic E-state index is 12.4. The summed E-state index contributed by atoms with van der Waals surface area (Å²) < 4.78 is 6.74. The first kappa shape index (κ1) is 17.3. The number of piperidine rings is 1. The van der Waals surface area contributed by atoms with E-state index in [4.69, 9.17) is 4.74 Å². The molecule has 3 rings (SSSR count). The first-order valence-corrected chi connectivity index (χ1v) is 8.54. The first-order valence-electron chi connectivity index (χ1n) is 8.54. The molecule has 134 valence electrons. The summed E-state index contributed by atoms with van der Waals surface area (Å²) in [5.41, 5.74) is 1.33. The van der Waals surface area contributed by atoms with Crippen LogP contribution in [0.5, 0.6) is 0 Å². The third kappa shape index (κ3) is 4.54. The Kier molecular flexibility index (Phi) is 5.60. The SMILES string of the molecule is COCCn1ccc(C(=O)NC2CCCN(c3ccc(C)nn3)C2)n1. The molecule has 0 radical (unpaired) electrons. The molecule has 1 unspecified atom stereocenters. The predicted molar refractivity (Wildman–Crippen MR) is 93.6 cm³/mol. The van der Waals surface area contributed by atoms with Gasteiger partial charge in [0, 0.05) is 32.4 Å². The molecular formula is C17H24N6O2. The molecule has 8 nitrogen and oxygen atoms in total. The van der Waals surface area contributed by atoms with Gasteiger partial charge < -0.3 is 15.0 Å².